The smallest absolute Gasteiger partial charge is 0.197 e. The van der Waals surface area contributed by atoms with E-state index in [0.717, 1.165) is 5.69 Å². The number of imidazole rings is 1. The van der Waals surface area contributed by atoms with Crippen LogP contribution in [0.4, 0.5) is 0 Å². The molecule has 2 rings (SSSR count). The van der Waals surface area contributed by atoms with Gasteiger partial charge in [0.2, 0.25) is 0 Å². The van der Waals surface area contributed by atoms with Gasteiger partial charge in [-0.1, -0.05) is 5.21 Å². The predicted octanol–water partition coefficient (Wildman–Crippen LogP) is 0.0252. The van der Waals surface area contributed by atoms with Crippen LogP contribution >= 0.6 is 0 Å². The summed E-state index contributed by atoms with van der Waals surface area (Å²) < 4.78 is 1.99. The van der Waals surface area contributed by atoms with Gasteiger partial charge in [-0.2, -0.15) is 5.21 Å². The maximum absolute atomic E-state index is 6.00. The van der Waals surface area contributed by atoms with Gasteiger partial charge in [0.05, 0.1) is 18.2 Å². The van der Waals surface area contributed by atoms with E-state index in [9.17, 15) is 0 Å². The molecular formula is C8H13N7. The average Bonchev–Trinajstić information content (AvgIpc) is 2.88. The zero-order valence-corrected chi connectivity index (χ0v) is 8.62. The Balaban J connectivity index is 2.33. The van der Waals surface area contributed by atoms with Gasteiger partial charge in [0.1, 0.15) is 6.04 Å². The van der Waals surface area contributed by atoms with Crippen LogP contribution in [0.5, 0.6) is 0 Å². The Morgan fingerprint density at radius 3 is 2.87 bits per heavy atom. The number of nitrogens with two attached hydrogens (primary N) is 1. The monoisotopic (exact) mass is 207 g/mol. The highest BCUT2D eigenvalue weighted by molar-refractivity contribution is 5.13. The first-order valence-corrected chi connectivity index (χ1v) is 4.70. The molecule has 0 amide bonds. The number of hydrogen-bond acceptors (Lipinski definition) is 5. The van der Waals surface area contributed by atoms with Crippen molar-refractivity contribution in [3.05, 3.63) is 24.0 Å². The number of aromatic nitrogens is 6. The van der Waals surface area contributed by atoms with Gasteiger partial charge in [0, 0.05) is 6.04 Å². The van der Waals surface area contributed by atoms with E-state index in [1.54, 1.807) is 12.5 Å². The molecule has 0 aromatic carbocycles. The number of aromatic amines is 1. The highest BCUT2D eigenvalue weighted by Gasteiger charge is 2.18. The van der Waals surface area contributed by atoms with Gasteiger partial charge in [-0.05, 0) is 13.8 Å². The molecule has 0 radical (unpaired) electrons. The van der Waals surface area contributed by atoms with Crippen LogP contribution in [-0.4, -0.2) is 30.2 Å². The van der Waals surface area contributed by atoms with Crippen molar-refractivity contribution in [2.45, 2.75) is 25.9 Å². The van der Waals surface area contributed by atoms with Gasteiger partial charge < -0.3 is 10.3 Å². The van der Waals surface area contributed by atoms with Crippen molar-refractivity contribution in [2.24, 2.45) is 5.73 Å². The number of nitrogens with zero attached hydrogens (tertiary/aromatic N) is 5. The van der Waals surface area contributed by atoms with Crippen molar-refractivity contribution in [2.75, 3.05) is 0 Å². The Hall–Kier alpha value is -1.76. The quantitative estimate of drug-likeness (QED) is 0.739. The summed E-state index contributed by atoms with van der Waals surface area (Å²) in [6.45, 7) is 4.13. The van der Waals surface area contributed by atoms with E-state index in [1.165, 1.54) is 0 Å². The van der Waals surface area contributed by atoms with Crippen molar-refractivity contribution >= 4 is 0 Å². The van der Waals surface area contributed by atoms with E-state index in [-0.39, 0.29) is 0 Å². The minimum Gasteiger partial charge on any atom is -0.330 e. The van der Waals surface area contributed by atoms with Crippen LogP contribution < -0.4 is 5.73 Å². The SMILES string of the molecule is CC(C)n1cncc1C(N)c1nn[nH]n1. The zero-order valence-electron chi connectivity index (χ0n) is 8.62. The van der Waals surface area contributed by atoms with Gasteiger partial charge >= 0.3 is 0 Å². The standard InChI is InChI=1S/C8H13N7/c1-5(2)15-4-10-3-6(15)7(9)8-11-13-14-12-8/h3-5,7H,9H2,1-2H3,(H,11,12,13,14). The van der Waals surface area contributed by atoms with Gasteiger partial charge in [0.15, 0.2) is 5.82 Å². The topological polar surface area (TPSA) is 98.3 Å². The van der Waals surface area contributed by atoms with Crippen LogP contribution in [0.15, 0.2) is 12.5 Å². The van der Waals surface area contributed by atoms with Crippen LogP contribution in [0.1, 0.15) is 37.4 Å². The second kappa shape index (κ2) is 3.77. The number of H-pyrrole nitrogens is 1. The van der Waals surface area contributed by atoms with E-state index in [4.69, 9.17) is 5.73 Å². The van der Waals surface area contributed by atoms with E-state index in [2.05, 4.69) is 39.5 Å². The molecule has 0 aliphatic carbocycles. The predicted molar refractivity (Wildman–Crippen MR) is 52.8 cm³/mol. The minimum atomic E-state index is -0.395. The summed E-state index contributed by atoms with van der Waals surface area (Å²) >= 11 is 0. The number of rotatable bonds is 3. The molecule has 1 unspecified atom stereocenters. The van der Waals surface area contributed by atoms with Crippen LogP contribution in [0.3, 0.4) is 0 Å². The first kappa shape index (κ1) is 9.78. The summed E-state index contributed by atoms with van der Waals surface area (Å²) in [5, 5.41) is 13.6. The van der Waals surface area contributed by atoms with E-state index in [1.807, 2.05) is 4.57 Å². The highest BCUT2D eigenvalue weighted by atomic mass is 15.5. The molecule has 0 spiro atoms. The zero-order chi connectivity index (χ0) is 10.8. The summed E-state index contributed by atoms with van der Waals surface area (Å²) in [6.07, 6.45) is 3.47. The molecule has 0 bridgehead atoms. The summed E-state index contributed by atoms with van der Waals surface area (Å²) in [4.78, 5) is 4.07. The largest absolute Gasteiger partial charge is 0.330 e. The Morgan fingerprint density at radius 1 is 1.47 bits per heavy atom. The number of tetrazole rings is 1. The molecule has 15 heavy (non-hydrogen) atoms. The highest BCUT2D eigenvalue weighted by Crippen LogP contribution is 2.18. The van der Waals surface area contributed by atoms with Crippen molar-refractivity contribution in [1.29, 1.82) is 0 Å². The van der Waals surface area contributed by atoms with Crippen molar-refractivity contribution in [1.82, 2.24) is 30.2 Å². The lowest BCUT2D eigenvalue weighted by Gasteiger charge is -2.14. The van der Waals surface area contributed by atoms with Gasteiger partial charge in [-0.25, -0.2) is 4.98 Å². The molecule has 3 N–H and O–H groups in total. The average molecular weight is 207 g/mol. The Kier molecular flexibility index (Phi) is 2.46. The summed E-state index contributed by atoms with van der Waals surface area (Å²) in [5.74, 6) is 0.470. The molecule has 0 fully saturated rings. The lowest BCUT2D eigenvalue weighted by atomic mass is 10.2. The molecule has 2 heterocycles. The molecule has 7 nitrogen and oxygen atoms in total. The second-order valence-corrected chi connectivity index (χ2v) is 3.57. The maximum atomic E-state index is 6.00. The minimum absolute atomic E-state index is 0.306. The fourth-order valence-electron chi connectivity index (χ4n) is 1.42. The number of nitrogens with one attached hydrogen (secondary N) is 1. The first-order valence-electron chi connectivity index (χ1n) is 4.70. The fourth-order valence-corrected chi connectivity index (χ4v) is 1.42. The lowest BCUT2D eigenvalue weighted by Crippen LogP contribution is -2.18. The molecular weight excluding hydrogens is 194 g/mol. The van der Waals surface area contributed by atoms with Crippen LogP contribution in [0.2, 0.25) is 0 Å². The third-order valence-corrected chi connectivity index (χ3v) is 2.21. The lowest BCUT2D eigenvalue weighted by molar-refractivity contribution is 0.554. The third kappa shape index (κ3) is 1.73. The third-order valence-electron chi connectivity index (χ3n) is 2.21. The molecule has 0 aliphatic heterocycles. The van der Waals surface area contributed by atoms with Gasteiger partial charge in [-0.15, -0.1) is 10.2 Å². The number of hydrogen-bond donors (Lipinski definition) is 2. The second-order valence-electron chi connectivity index (χ2n) is 3.57. The molecule has 2 aromatic rings. The molecule has 7 heteroatoms. The summed E-state index contributed by atoms with van der Waals surface area (Å²) in [6, 6.07) is -0.0888. The fraction of sp³-hybridized carbons (Fsp3) is 0.500. The molecule has 0 aliphatic rings. The Bertz CT molecular complexity index is 416. The van der Waals surface area contributed by atoms with Crippen LogP contribution in [0.25, 0.3) is 0 Å². The Labute approximate surface area is 86.7 Å². The van der Waals surface area contributed by atoms with Crippen molar-refractivity contribution < 1.29 is 0 Å². The molecule has 1 atom stereocenters. The van der Waals surface area contributed by atoms with E-state index >= 15 is 0 Å². The summed E-state index contributed by atoms with van der Waals surface area (Å²) in [7, 11) is 0. The normalized spacial score (nSPS) is 13.3. The maximum Gasteiger partial charge on any atom is 0.197 e. The van der Waals surface area contributed by atoms with Gasteiger partial charge in [0.25, 0.3) is 0 Å². The summed E-state index contributed by atoms with van der Waals surface area (Å²) in [5.41, 5.74) is 6.88. The van der Waals surface area contributed by atoms with Crippen molar-refractivity contribution in [3.8, 4) is 0 Å². The Morgan fingerprint density at radius 2 is 2.27 bits per heavy atom. The van der Waals surface area contributed by atoms with E-state index < -0.39 is 6.04 Å². The van der Waals surface area contributed by atoms with Gasteiger partial charge in [-0.3, -0.25) is 0 Å². The first-order chi connectivity index (χ1) is 7.20. The van der Waals surface area contributed by atoms with Crippen LogP contribution in [-0.2, 0) is 0 Å². The molecule has 0 saturated heterocycles. The molecule has 80 valence electrons. The molecule has 2 aromatic heterocycles. The van der Waals surface area contributed by atoms with E-state index in [0.29, 0.717) is 11.9 Å². The van der Waals surface area contributed by atoms with Crippen molar-refractivity contribution in [3.63, 3.8) is 0 Å². The molecule has 0 saturated carbocycles. The van der Waals surface area contributed by atoms with Crippen LogP contribution in [0, 0.1) is 0 Å².